The normalized spacial score (nSPS) is 10.5. The highest BCUT2D eigenvalue weighted by molar-refractivity contribution is 5.99. The van der Waals surface area contributed by atoms with Crippen LogP contribution in [0.5, 0.6) is 0 Å². The third-order valence-electron chi connectivity index (χ3n) is 2.93. The number of benzene rings is 1. The van der Waals surface area contributed by atoms with Crippen LogP contribution in [0.2, 0.25) is 0 Å². The van der Waals surface area contributed by atoms with E-state index in [0.717, 1.165) is 11.3 Å². The van der Waals surface area contributed by atoms with Crippen LogP contribution < -0.4 is 10.2 Å². The Morgan fingerprint density at radius 1 is 1.36 bits per heavy atom. The number of aliphatic hydroxyl groups excluding tert-OH is 1. The fraction of sp³-hybridized carbons (Fsp3) is 0.312. The number of amides is 1. The van der Waals surface area contributed by atoms with Crippen LogP contribution in [-0.2, 0) is 4.79 Å². The van der Waals surface area contributed by atoms with E-state index in [2.05, 4.69) is 15.0 Å². The molecule has 0 fully saturated rings. The summed E-state index contributed by atoms with van der Waals surface area (Å²) in [5.41, 5.74) is 1.69. The van der Waals surface area contributed by atoms with E-state index in [4.69, 9.17) is 18.3 Å². The molecule has 0 saturated heterocycles. The van der Waals surface area contributed by atoms with Crippen molar-refractivity contribution in [3.63, 3.8) is 0 Å². The van der Waals surface area contributed by atoms with Crippen LogP contribution in [0, 0.1) is 13.1 Å². The van der Waals surface area contributed by atoms with Crippen molar-refractivity contribution in [3.05, 3.63) is 58.4 Å². The fourth-order valence-corrected chi connectivity index (χ4v) is 1.72. The first-order chi connectivity index (χ1) is 10.6. The zero-order valence-corrected chi connectivity index (χ0v) is 12.4. The highest BCUT2D eigenvalue weighted by Gasteiger charge is 2.09. The third-order valence-corrected chi connectivity index (χ3v) is 2.93. The lowest BCUT2D eigenvalue weighted by atomic mass is 10.1. The summed E-state index contributed by atoms with van der Waals surface area (Å²) in [5.74, 6) is -0.498. The van der Waals surface area contributed by atoms with E-state index in [-0.39, 0.29) is 18.8 Å². The molecule has 0 atom stereocenters. The van der Waals surface area contributed by atoms with Crippen LogP contribution >= 0.6 is 0 Å². The summed E-state index contributed by atoms with van der Waals surface area (Å²) in [4.78, 5) is 20.2. The maximum atomic E-state index is 11.7. The van der Waals surface area contributed by atoms with Gasteiger partial charge in [-0.15, -0.1) is 0 Å². The molecule has 0 unspecified atom stereocenters. The van der Waals surface area contributed by atoms with Gasteiger partial charge in [-0.05, 0) is 23.8 Å². The van der Waals surface area contributed by atoms with Crippen molar-refractivity contribution in [1.82, 2.24) is 5.32 Å². The van der Waals surface area contributed by atoms with Gasteiger partial charge in [0.05, 0.1) is 19.7 Å². The largest absolute Gasteiger partial charge is 0.395 e. The number of anilines is 1. The quantitative estimate of drug-likeness (QED) is 0.591. The number of likely N-dealkylation sites (N-methyl/N-ethyl adjacent to an activating group) is 1. The molecule has 2 N–H and O–H groups in total. The molecule has 1 aromatic rings. The summed E-state index contributed by atoms with van der Waals surface area (Å²) in [7, 11) is 1.91. The molecule has 0 heterocycles. The monoisotopic (exact) mass is 298 g/mol. The van der Waals surface area contributed by atoms with E-state index in [1.807, 2.05) is 36.2 Å². The maximum Gasteiger partial charge on any atom is 0.250 e. The van der Waals surface area contributed by atoms with Crippen LogP contribution in [0.4, 0.5) is 5.69 Å². The Balaban J connectivity index is 2.81. The second-order valence-electron chi connectivity index (χ2n) is 4.52. The molecule has 0 aliphatic carbocycles. The zero-order chi connectivity index (χ0) is 16.4. The topological polar surface area (TPSA) is 61.3 Å². The lowest BCUT2D eigenvalue weighted by molar-refractivity contribution is -0.117. The minimum atomic E-state index is -0.498. The van der Waals surface area contributed by atoms with Crippen molar-refractivity contribution in [1.29, 1.82) is 0 Å². The Morgan fingerprint density at radius 2 is 2.05 bits per heavy atom. The third kappa shape index (κ3) is 5.28. The molecule has 0 radical (unpaired) electrons. The lowest BCUT2D eigenvalue weighted by Crippen LogP contribution is -2.26. The molecule has 6 heteroatoms. The molecule has 0 bridgehead atoms. The Morgan fingerprint density at radius 3 is 2.59 bits per heavy atom. The van der Waals surface area contributed by atoms with E-state index in [0.29, 0.717) is 13.1 Å². The Hall–Kier alpha value is -2.83. The summed E-state index contributed by atoms with van der Waals surface area (Å²) in [6, 6.07) is 7.38. The van der Waals surface area contributed by atoms with Crippen LogP contribution in [0.15, 0.2) is 30.0 Å². The van der Waals surface area contributed by atoms with Crippen LogP contribution in [0.1, 0.15) is 5.56 Å². The second-order valence-corrected chi connectivity index (χ2v) is 4.52. The first kappa shape index (κ1) is 17.2. The van der Waals surface area contributed by atoms with Crippen molar-refractivity contribution in [2.75, 3.05) is 38.2 Å². The van der Waals surface area contributed by atoms with Gasteiger partial charge < -0.3 is 20.2 Å². The number of nitrogens with zero attached hydrogens (tertiary/aromatic N) is 3. The molecule has 0 aromatic heterocycles. The number of hydrogen-bond donors (Lipinski definition) is 2. The second kappa shape index (κ2) is 9.17. The Kier molecular flexibility index (Phi) is 7.18. The minimum absolute atomic E-state index is 0.0254. The summed E-state index contributed by atoms with van der Waals surface area (Å²) in [6.45, 7) is 14.9. The SMILES string of the molecule is [C-]#[N+]CCN(C)c1ccc(C=C([N+]#[C-])C(=O)NCCO)cc1. The summed E-state index contributed by atoms with van der Waals surface area (Å²) >= 11 is 0. The molecular formula is C16H18N4O2. The standard InChI is InChI=1S/C16H18N4O2/c1-17-8-10-20(3)14-6-4-13(5-7-14)12-15(18-2)16(22)19-9-11-21/h4-7,12,21H,8-11H2,3H3,(H,19,22). The minimum Gasteiger partial charge on any atom is -0.395 e. The van der Waals surface area contributed by atoms with Crippen LogP contribution in [0.3, 0.4) is 0 Å². The Bertz CT molecular complexity index is 609. The predicted molar refractivity (Wildman–Crippen MR) is 85.9 cm³/mol. The maximum absolute atomic E-state index is 11.7. The molecule has 1 rings (SSSR count). The molecule has 1 amide bonds. The first-order valence-electron chi connectivity index (χ1n) is 6.75. The first-order valence-corrected chi connectivity index (χ1v) is 6.75. The van der Waals surface area contributed by atoms with Gasteiger partial charge in [-0.25, -0.2) is 11.4 Å². The predicted octanol–water partition coefficient (Wildman–Crippen LogP) is 1.41. The highest BCUT2D eigenvalue weighted by atomic mass is 16.3. The summed E-state index contributed by atoms with van der Waals surface area (Å²) < 4.78 is 0. The van der Waals surface area contributed by atoms with E-state index in [9.17, 15) is 4.79 Å². The van der Waals surface area contributed by atoms with Crippen molar-refractivity contribution in [2.45, 2.75) is 0 Å². The smallest absolute Gasteiger partial charge is 0.250 e. The van der Waals surface area contributed by atoms with Gasteiger partial charge in [0.1, 0.15) is 0 Å². The number of hydrogen-bond acceptors (Lipinski definition) is 3. The fourth-order valence-electron chi connectivity index (χ4n) is 1.72. The van der Waals surface area contributed by atoms with Gasteiger partial charge in [0, 0.05) is 19.3 Å². The van der Waals surface area contributed by atoms with Crippen molar-refractivity contribution in [3.8, 4) is 0 Å². The highest BCUT2D eigenvalue weighted by Crippen LogP contribution is 2.16. The van der Waals surface area contributed by atoms with Crippen molar-refractivity contribution in [2.24, 2.45) is 0 Å². The number of carbonyl (C=O) groups excluding carboxylic acids is 1. The molecule has 0 spiro atoms. The van der Waals surface area contributed by atoms with E-state index >= 15 is 0 Å². The molecule has 22 heavy (non-hydrogen) atoms. The molecule has 114 valence electrons. The van der Waals surface area contributed by atoms with Gasteiger partial charge >= 0.3 is 0 Å². The van der Waals surface area contributed by atoms with Gasteiger partial charge in [0.25, 0.3) is 5.70 Å². The average Bonchev–Trinajstić information content (AvgIpc) is 2.55. The zero-order valence-electron chi connectivity index (χ0n) is 12.4. The molecule has 0 aliphatic rings. The molecular weight excluding hydrogens is 280 g/mol. The molecule has 6 nitrogen and oxygen atoms in total. The van der Waals surface area contributed by atoms with E-state index < -0.39 is 5.91 Å². The van der Waals surface area contributed by atoms with Gasteiger partial charge in [-0.3, -0.25) is 4.79 Å². The molecule has 0 aliphatic heterocycles. The summed E-state index contributed by atoms with van der Waals surface area (Å²) in [5, 5.41) is 11.1. The number of carbonyl (C=O) groups is 1. The lowest BCUT2D eigenvalue weighted by Gasteiger charge is -2.16. The Labute approximate surface area is 130 Å². The number of aliphatic hydroxyl groups is 1. The van der Waals surface area contributed by atoms with E-state index in [1.165, 1.54) is 6.08 Å². The van der Waals surface area contributed by atoms with Gasteiger partial charge in [-0.2, -0.15) is 0 Å². The molecule has 0 saturated carbocycles. The number of nitrogens with one attached hydrogen (secondary N) is 1. The van der Waals surface area contributed by atoms with Crippen LogP contribution in [-0.4, -0.2) is 44.3 Å². The van der Waals surface area contributed by atoms with Gasteiger partial charge in [-0.1, -0.05) is 12.1 Å². The van der Waals surface area contributed by atoms with E-state index in [1.54, 1.807) is 0 Å². The van der Waals surface area contributed by atoms with Crippen molar-refractivity contribution < 1.29 is 9.90 Å². The van der Waals surface area contributed by atoms with Gasteiger partial charge in [0.15, 0.2) is 0 Å². The molecule has 1 aromatic carbocycles. The number of rotatable bonds is 7. The van der Waals surface area contributed by atoms with Gasteiger partial charge in [0.2, 0.25) is 12.5 Å². The van der Waals surface area contributed by atoms with Crippen molar-refractivity contribution >= 4 is 17.7 Å². The average molecular weight is 298 g/mol. The van der Waals surface area contributed by atoms with Crippen LogP contribution in [0.25, 0.3) is 15.8 Å². The summed E-state index contributed by atoms with van der Waals surface area (Å²) in [6.07, 6.45) is 1.50.